The van der Waals surface area contributed by atoms with E-state index < -0.39 is 49.8 Å². The number of allylic oxidation sites excluding steroid dienone is 1. The van der Waals surface area contributed by atoms with Crippen LogP contribution in [0.25, 0.3) is 0 Å². The molecule has 1 fully saturated rings. The van der Waals surface area contributed by atoms with Crippen LogP contribution < -0.4 is 0 Å². The quantitative estimate of drug-likeness (QED) is 0.484. The first-order chi connectivity index (χ1) is 16.0. The molecule has 1 aliphatic heterocycles. The van der Waals surface area contributed by atoms with Crippen LogP contribution in [0.15, 0.2) is 73.0 Å². The van der Waals surface area contributed by atoms with Gasteiger partial charge in [-0.1, -0.05) is 66.7 Å². The molecule has 3 rings (SSSR count). The summed E-state index contributed by atoms with van der Waals surface area (Å²) in [6.45, 7) is -0.631. The fourth-order valence-electron chi connectivity index (χ4n) is 3.08. The summed E-state index contributed by atoms with van der Waals surface area (Å²) in [5.41, 5.74) is 1.11. The predicted molar refractivity (Wildman–Crippen MR) is 113 cm³/mol. The molecule has 0 amide bonds. The topological polar surface area (TPSA) is 83.5 Å². The number of aliphatic hydroxyl groups excluding tert-OH is 1. The molecule has 1 aliphatic rings. The normalized spacial score (nSPS) is 28.9. The number of carbonyl (C=O) groups is 1. The highest BCUT2D eigenvalue weighted by Gasteiger charge is 2.51. The Morgan fingerprint density at radius 1 is 1.03 bits per heavy atom. The molecule has 1 N–H and O–H groups in total. The number of ether oxygens (including phenoxy) is 5. The standard InChI is InChI=1S/C24H28O7/c1-3-14-28-24-22(30-16-18-12-8-5-9-13-18)20(19(25)21(31-24)23(26)27-2)29-15-17-10-6-4-7-11-17/h3-14,19-22,24-25H,15-16H2,1-2H3/t19-,20-,21-,22+,24?/m0/s1/i15D,16D/t15?,16?,19-,20-,21-,22+,24?. The summed E-state index contributed by atoms with van der Waals surface area (Å²) in [5.74, 6) is -0.824. The van der Waals surface area contributed by atoms with Crippen molar-refractivity contribution in [1.29, 1.82) is 0 Å². The van der Waals surface area contributed by atoms with Gasteiger partial charge in [0.25, 0.3) is 0 Å². The van der Waals surface area contributed by atoms with Gasteiger partial charge in [-0.2, -0.15) is 0 Å². The van der Waals surface area contributed by atoms with Gasteiger partial charge in [-0.15, -0.1) is 0 Å². The molecule has 0 bridgehead atoms. The zero-order chi connectivity index (χ0) is 23.8. The molecular weight excluding hydrogens is 400 g/mol. The maximum Gasteiger partial charge on any atom is 0.337 e. The van der Waals surface area contributed by atoms with E-state index in [1.807, 2.05) is 12.1 Å². The van der Waals surface area contributed by atoms with E-state index in [1.54, 1.807) is 61.5 Å². The fourth-order valence-corrected chi connectivity index (χ4v) is 3.08. The van der Waals surface area contributed by atoms with Crippen LogP contribution in [0.5, 0.6) is 0 Å². The van der Waals surface area contributed by atoms with Crippen molar-refractivity contribution >= 4 is 5.97 Å². The van der Waals surface area contributed by atoms with Gasteiger partial charge in [-0.3, -0.25) is 0 Å². The molecule has 7 heteroatoms. The number of hydrogen-bond donors (Lipinski definition) is 1. The second-order valence-electron chi connectivity index (χ2n) is 6.80. The molecule has 0 saturated carbocycles. The van der Waals surface area contributed by atoms with Crippen LogP contribution in [0, 0.1) is 0 Å². The van der Waals surface area contributed by atoms with Crippen LogP contribution in [0.2, 0.25) is 0 Å². The number of esters is 1. The van der Waals surface area contributed by atoms with Crippen molar-refractivity contribution < 1.29 is 36.3 Å². The third-order valence-corrected chi connectivity index (χ3v) is 4.62. The number of rotatable bonds is 9. The molecule has 3 unspecified atom stereocenters. The second-order valence-corrected chi connectivity index (χ2v) is 6.80. The average Bonchev–Trinajstić information content (AvgIpc) is 2.86. The number of aliphatic hydroxyl groups is 1. The Labute approximate surface area is 185 Å². The zero-order valence-electron chi connectivity index (χ0n) is 19.4. The monoisotopic (exact) mass is 430 g/mol. The molecule has 31 heavy (non-hydrogen) atoms. The Hall–Kier alpha value is -2.71. The Morgan fingerprint density at radius 3 is 2.10 bits per heavy atom. The number of benzene rings is 2. The van der Waals surface area contributed by atoms with E-state index in [0.29, 0.717) is 11.1 Å². The highest BCUT2D eigenvalue weighted by atomic mass is 16.7. The van der Waals surface area contributed by atoms with Crippen molar-refractivity contribution in [3.05, 3.63) is 84.1 Å². The Bertz CT molecular complexity index is 896. The van der Waals surface area contributed by atoms with E-state index in [2.05, 4.69) is 0 Å². The SMILES string of the molecule is [2H]C(O[C@H]1[C@H](O)[C@@H](C(=O)OC)OC(OC=CC)[C@@H]1OC([2H])c1ccccc1)c1ccccc1. The minimum Gasteiger partial charge on any atom is -0.470 e. The summed E-state index contributed by atoms with van der Waals surface area (Å²) in [6.07, 6.45) is -3.60. The molecule has 1 saturated heterocycles. The molecule has 0 aromatic heterocycles. The smallest absolute Gasteiger partial charge is 0.337 e. The number of methoxy groups -OCH3 is 1. The van der Waals surface area contributed by atoms with Crippen LogP contribution in [0.4, 0.5) is 0 Å². The summed E-state index contributed by atoms with van der Waals surface area (Å²) >= 11 is 0. The van der Waals surface area contributed by atoms with Gasteiger partial charge in [-0.05, 0) is 18.1 Å². The number of carbonyl (C=O) groups excluding carboxylic acids is 1. The lowest BCUT2D eigenvalue weighted by Crippen LogP contribution is -2.61. The lowest BCUT2D eigenvalue weighted by atomic mass is 9.98. The summed E-state index contributed by atoms with van der Waals surface area (Å²) in [5, 5.41) is 11.0. The van der Waals surface area contributed by atoms with E-state index in [0.717, 1.165) is 0 Å². The highest BCUT2D eigenvalue weighted by Crippen LogP contribution is 2.29. The van der Waals surface area contributed by atoms with Crippen molar-refractivity contribution in [2.45, 2.75) is 50.8 Å². The molecule has 2 aromatic rings. The summed E-state index contributed by atoms with van der Waals surface area (Å²) < 4.78 is 44.8. The van der Waals surface area contributed by atoms with Gasteiger partial charge in [0.2, 0.25) is 6.29 Å². The maximum absolute atomic E-state index is 12.3. The molecule has 0 aliphatic carbocycles. The van der Waals surface area contributed by atoms with Gasteiger partial charge in [0.05, 0.1) is 29.3 Å². The maximum atomic E-state index is 12.3. The third kappa shape index (κ3) is 6.15. The summed E-state index contributed by atoms with van der Waals surface area (Å²) in [4.78, 5) is 12.3. The Kier molecular flexibility index (Phi) is 7.57. The average molecular weight is 430 g/mol. The molecule has 2 aromatic carbocycles. The van der Waals surface area contributed by atoms with Crippen molar-refractivity contribution in [2.75, 3.05) is 7.11 Å². The number of hydrogen-bond acceptors (Lipinski definition) is 7. The van der Waals surface area contributed by atoms with Gasteiger partial charge in [0, 0.05) is 0 Å². The lowest BCUT2D eigenvalue weighted by Gasteiger charge is -2.42. The van der Waals surface area contributed by atoms with E-state index >= 15 is 0 Å². The minimum atomic E-state index is -1.53. The molecule has 1 heterocycles. The zero-order valence-corrected chi connectivity index (χ0v) is 17.4. The molecule has 7 nitrogen and oxygen atoms in total. The first-order valence-corrected chi connectivity index (χ1v) is 9.89. The van der Waals surface area contributed by atoms with E-state index in [9.17, 15) is 9.90 Å². The van der Waals surface area contributed by atoms with E-state index in [1.165, 1.54) is 13.4 Å². The third-order valence-electron chi connectivity index (χ3n) is 4.62. The predicted octanol–water partition coefficient (Wildman–Crippen LogP) is 2.97. The van der Waals surface area contributed by atoms with Crippen LogP contribution >= 0.6 is 0 Å². The van der Waals surface area contributed by atoms with Gasteiger partial charge in [-0.25, -0.2) is 4.79 Å². The van der Waals surface area contributed by atoms with Gasteiger partial charge >= 0.3 is 5.97 Å². The second kappa shape index (κ2) is 11.6. The minimum absolute atomic E-state index is 0.543. The Balaban J connectivity index is 1.93. The van der Waals surface area contributed by atoms with Crippen molar-refractivity contribution in [3.63, 3.8) is 0 Å². The largest absolute Gasteiger partial charge is 0.470 e. The van der Waals surface area contributed by atoms with Gasteiger partial charge in [0.15, 0.2) is 6.10 Å². The molecule has 0 spiro atoms. The lowest BCUT2D eigenvalue weighted by molar-refractivity contribution is -0.302. The van der Waals surface area contributed by atoms with E-state index in [4.69, 9.17) is 26.4 Å². The van der Waals surface area contributed by atoms with Crippen LogP contribution in [-0.2, 0) is 41.6 Å². The van der Waals surface area contributed by atoms with Crippen molar-refractivity contribution in [1.82, 2.24) is 0 Å². The molecular formula is C24H28O7. The van der Waals surface area contributed by atoms with Crippen LogP contribution in [0.3, 0.4) is 0 Å². The first-order valence-electron chi connectivity index (χ1n) is 11.0. The molecule has 0 radical (unpaired) electrons. The van der Waals surface area contributed by atoms with Crippen molar-refractivity contribution in [3.8, 4) is 0 Å². The highest BCUT2D eigenvalue weighted by molar-refractivity contribution is 5.75. The van der Waals surface area contributed by atoms with Gasteiger partial charge < -0.3 is 28.8 Å². The summed E-state index contributed by atoms with van der Waals surface area (Å²) in [7, 11) is 1.17. The van der Waals surface area contributed by atoms with Crippen LogP contribution in [-0.4, -0.2) is 48.9 Å². The van der Waals surface area contributed by atoms with Crippen LogP contribution in [0.1, 0.15) is 20.8 Å². The van der Waals surface area contributed by atoms with Gasteiger partial charge in [0.1, 0.15) is 18.3 Å². The Morgan fingerprint density at radius 2 is 1.58 bits per heavy atom. The fraction of sp³-hybridized carbons (Fsp3) is 0.375. The van der Waals surface area contributed by atoms with E-state index in [-0.39, 0.29) is 0 Å². The van der Waals surface area contributed by atoms with Crippen molar-refractivity contribution in [2.24, 2.45) is 0 Å². The molecule has 7 atom stereocenters. The molecule has 166 valence electrons. The summed E-state index contributed by atoms with van der Waals surface area (Å²) in [6, 6.07) is 17.6. The first kappa shape index (κ1) is 20.2.